The summed E-state index contributed by atoms with van der Waals surface area (Å²) in [5, 5.41) is 2.28. The number of nitrogens with one attached hydrogen (secondary N) is 1. The van der Waals surface area contributed by atoms with Gasteiger partial charge in [-0.1, -0.05) is 17.7 Å². The molecule has 0 aliphatic rings. The summed E-state index contributed by atoms with van der Waals surface area (Å²) in [7, 11) is 1.28. The summed E-state index contributed by atoms with van der Waals surface area (Å²) in [5.74, 6) is -0.948. The third-order valence-corrected chi connectivity index (χ3v) is 2.72. The van der Waals surface area contributed by atoms with Gasteiger partial charge in [-0.15, -0.1) is 11.6 Å². The van der Waals surface area contributed by atoms with Gasteiger partial charge in [0.1, 0.15) is 11.2 Å². The molecule has 1 unspecified atom stereocenters. The lowest BCUT2D eigenvalue weighted by Gasteiger charge is -2.09. The van der Waals surface area contributed by atoms with Gasteiger partial charge < -0.3 is 10.1 Å². The molecular weight excluding hydrogens is 268 g/mol. The van der Waals surface area contributed by atoms with Crippen molar-refractivity contribution >= 4 is 29.2 Å². The number of alkyl halides is 1. The number of carbonyl (C=O) groups excluding carboxylic acids is 1. The molecule has 3 nitrogen and oxygen atoms in total. The minimum Gasteiger partial charge on any atom is -0.468 e. The van der Waals surface area contributed by atoms with Crippen molar-refractivity contribution in [2.45, 2.75) is 11.9 Å². The summed E-state index contributed by atoms with van der Waals surface area (Å²) in [6, 6.07) is 4.42. The van der Waals surface area contributed by atoms with Gasteiger partial charge in [-0.3, -0.25) is 4.79 Å². The number of ether oxygens (including phenoxy) is 1. The first-order chi connectivity index (χ1) is 8.04. The third kappa shape index (κ3) is 4.50. The van der Waals surface area contributed by atoms with Gasteiger partial charge in [0.2, 0.25) is 0 Å². The molecule has 0 amide bonds. The molecule has 17 heavy (non-hydrogen) atoms. The minimum absolute atomic E-state index is 0.0692. The fourth-order valence-corrected chi connectivity index (χ4v) is 1.61. The van der Waals surface area contributed by atoms with Crippen molar-refractivity contribution < 1.29 is 13.9 Å². The predicted molar refractivity (Wildman–Crippen MR) is 64.8 cm³/mol. The van der Waals surface area contributed by atoms with Crippen LogP contribution in [0.2, 0.25) is 5.02 Å². The van der Waals surface area contributed by atoms with Crippen molar-refractivity contribution in [3.63, 3.8) is 0 Å². The standard InChI is InChI=1S/C11H12Cl2FNO2/c1-17-11(16)9(13)6-15-5-7-2-3-10(14)8(12)4-7/h2-4,9,15H,5-6H2,1H3. The topological polar surface area (TPSA) is 38.3 Å². The van der Waals surface area contributed by atoms with E-state index in [2.05, 4.69) is 10.1 Å². The lowest BCUT2D eigenvalue weighted by molar-refractivity contribution is -0.140. The Labute approximate surface area is 109 Å². The minimum atomic E-state index is -0.740. The second-order valence-corrected chi connectivity index (χ2v) is 4.30. The van der Waals surface area contributed by atoms with Crippen LogP contribution in [0.1, 0.15) is 5.56 Å². The van der Waals surface area contributed by atoms with E-state index in [0.717, 1.165) is 5.56 Å². The Balaban J connectivity index is 2.40. The molecule has 0 saturated heterocycles. The van der Waals surface area contributed by atoms with Crippen molar-refractivity contribution in [1.29, 1.82) is 0 Å². The Hall–Kier alpha value is -0.840. The quantitative estimate of drug-likeness (QED) is 0.664. The van der Waals surface area contributed by atoms with Crippen LogP contribution in [-0.4, -0.2) is 25.0 Å². The molecule has 0 aliphatic heterocycles. The number of benzene rings is 1. The molecule has 0 radical (unpaired) electrons. The van der Waals surface area contributed by atoms with Crippen molar-refractivity contribution in [3.05, 3.63) is 34.6 Å². The Morgan fingerprint density at radius 3 is 2.88 bits per heavy atom. The monoisotopic (exact) mass is 279 g/mol. The number of methoxy groups -OCH3 is 1. The van der Waals surface area contributed by atoms with Gasteiger partial charge in [0.15, 0.2) is 0 Å². The first-order valence-corrected chi connectivity index (χ1v) is 5.72. The molecule has 1 aromatic rings. The number of halogens is 3. The van der Waals surface area contributed by atoms with E-state index in [9.17, 15) is 9.18 Å². The molecule has 0 saturated carbocycles. The van der Waals surface area contributed by atoms with Crippen LogP contribution in [0.25, 0.3) is 0 Å². The smallest absolute Gasteiger partial charge is 0.325 e. The second-order valence-electron chi connectivity index (χ2n) is 3.37. The molecule has 0 spiro atoms. The van der Waals surface area contributed by atoms with Crippen molar-refractivity contribution in [3.8, 4) is 0 Å². The molecule has 6 heteroatoms. The molecule has 0 bridgehead atoms. The van der Waals surface area contributed by atoms with E-state index in [1.807, 2.05) is 0 Å². The zero-order valence-corrected chi connectivity index (χ0v) is 10.7. The first kappa shape index (κ1) is 14.2. The molecular formula is C11H12Cl2FNO2. The predicted octanol–water partition coefficient (Wildman–Crippen LogP) is 2.35. The van der Waals surface area contributed by atoms with Crippen LogP contribution in [-0.2, 0) is 16.1 Å². The summed E-state index contributed by atoms with van der Waals surface area (Å²) in [5.41, 5.74) is 0.810. The normalized spacial score (nSPS) is 12.2. The average molecular weight is 280 g/mol. The fraction of sp³-hybridized carbons (Fsp3) is 0.364. The van der Waals surface area contributed by atoms with Gasteiger partial charge >= 0.3 is 5.97 Å². The maximum atomic E-state index is 12.9. The Morgan fingerprint density at radius 2 is 2.29 bits per heavy atom. The number of carbonyl (C=O) groups is 1. The van der Waals surface area contributed by atoms with E-state index < -0.39 is 17.2 Å². The van der Waals surface area contributed by atoms with E-state index in [1.165, 1.54) is 19.2 Å². The summed E-state index contributed by atoms with van der Waals surface area (Å²) in [4.78, 5) is 11.0. The average Bonchev–Trinajstić information content (AvgIpc) is 2.32. The van der Waals surface area contributed by atoms with Gasteiger partial charge in [-0.05, 0) is 17.7 Å². The highest BCUT2D eigenvalue weighted by molar-refractivity contribution is 6.30. The Bertz CT molecular complexity index is 401. The fourth-order valence-electron chi connectivity index (χ4n) is 1.20. The van der Waals surface area contributed by atoms with Crippen LogP contribution in [0, 0.1) is 5.82 Å². The molecule has 1 rings (SSSR count). The summed E-state index contributed by atoms with van der Waals surface area (Å²) in [6.45, 7) is 0.712. The van der Waals surface area contributed by atoms with Crippen LogP contribution < -0.4 is 5.32 Å². The maximum absolute atomic E-state index is 12.9. The van der Waals surface area contributed by atoms with Crippen LogP contribution in [0.3, 0.4) is 0 Å². The van der Waals surface area contributed by atoms with Gasteiger partial charge in [-0.2, -0.15) is 0 Å². The first-order valence-electron chi connectivity index (χ1n) is 4.91. The molecule has 1 atom stereocenters. The molecule has 1 N–H and O–H groups in total. The number of hydrogen-bond donors (Lipinski definition) is 1. The van der Waals surface area contributed by atoms with Crippen molar-refractivity contribution in [2.24, 2.45) is 0 Å². The maximum Gasteiger partial charge on any atom is 0.325 e. The molecule has 1 aromatic carbocycles. The van der Waals surface area contributed by atoms with Gasteiger partial charge in [0, 0.05) is 13.1 Å². The summed E-state index contributed by atoms with van der Waals surface area (Å²) >= 11 is 11.4. The van der Waals surface area contributed by atoms with E-state index >= 15 is 0 Å². The lowest BCUT2D eigenvalue weighted by atomic mass is 10.2. The van der Waals surface area contributed by atoms with Crippen LogP contribution >= 0.6 is 23.2 Å². The Morgan fingerprint density at radius 1 is 1.59 bits per heavy atom. The lowest BCUT2D eigenvalue weighted by Crippen LogP contribution is -2.29. The molecule has 0 fully saturated rings. The molecule has 0 aromatic heterocycles. The largest absolute Gasteiger partial charge is 0.468 e. The highest BCUT2D eigenvalue weighted by Gasteiger charge is 2.14. The molecule has 0 aliphatic carbocycles. The van der Waals surface area contributed by atoms with Gasteiger partial charge in [0.05, 0.1) is 12.1 Å². The highest BCUT2D eigenvalue weighted by Crippen LogP contribution is 2.15. The Kier molecular flexibility index (Phi) is 5.68. The zero-order valence-electron chi connectivity index (χ0n) is 9.17. The molecule has 0 heterocycles. The second kappa shape index (κ2) is 6.79. The van der Waals surface area contributed by atoms with Gasteiger partial charge in [-0.25, -0.2) is 4.39 Å². The van der Waals surface area contributed by atoms with Crippen LogP contribution in [0.4, 0.5) is 4.39 Å². The van der Waals surface area contributed by atoms with Crippen LogP contribution in [0.5, 0.6) is 0 Å². The van der Waals surface area contributed by atoms with E-state index in [4.69, 9.17) is 23.2 Å². The third-order valence-electron chi connectivity index (χ3n) is 2.09. The summed E-state index contributed by atoms with van der Waals surface area (Å²) < 4.78 is 17.3. The highest BCUT2D eigenvalue weighted by atomic mass is 35.5. The number of rotatable bonds is 5. The summed E-state index contributed by atoms with van der Waals surface area (Å²) in [6.07, 6.45) is 0. The van der Waals surface area contributed by atoms with Crippen molar-refractivity contribution in [1.82, 2.24) is 5.32 Å². The van der Waals surface area contributed by atoms with E-state index in [-0.39, 0.29) is 11.6 Å². The number of hydrogen-bond acceptors (Lipinski definition) is 3. The SMILES string of the molecule is COC(=O)C(Cl)CNCc1ccc(F)c(Cl)c1. The van der Waals surface area contributed by atoms with E-state index in [1.54, 1.807) is 6.07 Å². The molecule has 94 valence electrons. The van der Waals surface area contributed by atoms with Crippen LogP contribution in [0.15, 0.2) is 18.2 Å². The van der Waals surface area contributed by atoms with Crippen molar-refractivity contribution in [2.75, 3.05) is 13.7 Å². The zero-order chi connectivity index (χ0) is 12.8. The van der Waals surface area contributed by atoms with E-state index in [0.29, 0.717) is 6.54 Å². The number of esters is 1. The van der Waals surface area contributed by atoms with Gasteiger partial charge in [0.25, 0.3) is 0 Å².